The van der Waals surface area contributed by atoms with E-state index in [1.54, 1.807) is 12.2 Å². The Hall–Kier alpha value is -8.49. The highest BCUT2D eigenvalue weighted by molar-refractivity contribution is 6.03. The van der Waals surface area contributed by atoms with E-state index in [1.165, 1.54) is 119 Å². The SMILES string of the molecule is [C-]#[N+]C(C#N)=Cc1cc2c(cc1C)C(Cc1ccc(C(C=CC=C(c3ccc(CN4c5cc(C)c(C=C(C#N)[N+]#[C-])cc5C(C)CC4(C)C)cc3)c3ccc(N(CCCC)CCCC)cc3)=C3C=CC(=[N+](CCCC)CCCC)C=C3)cc1)C(C)(C)CC2C. The lowest BCUT2D eigenvalue weighted by Crippen LogP contribution is -2.47. The van der Waals surface area contributed by atoms with Crippen LogP contribution in [0.2, 0.25) is 0 Å². The van der Waals surface area contributed by atoms with E-state index in [2.05, 4.69) is 259 Å². The number of benzene rings is 5. The van der Waals surface area contributed by atoms with Crippen LogP contribution in [0.25, 0.3) is 33.0 Å². The monoisotopic (exact) mass is 1180 g/mol. The lowest BCUT2D eigenvalue weighted by atomic mass is 9.61. The first-order valence-corrected chi connectivity index (χ1v) is 33.1. The number of hydrogen-bond donors (Lipinski definition) is 0. The van der Waals surface area contributed by atoms with Gasteiger partial charge in [-0.2, -0.15) is 0 Å². The summed E-state index contributed by atoms with van der Waals surface area (Å²) in [5.74, 6) is 0.974. The van der Waals surface area contributed by atoms with E-state index in [1.807, 2.05) is 0 Å². The van der Waals surface area contributed by atoms with Crippen molar-refractivity contribution in [3.63, 3.8) is 0 Å². The molecule has 89 heavy (non-hydrogen) atoms. The summed E-state index contributed by atoms with van der Waals surface area (Å²) in [6.07, 6.45) is 32.0. The average molecular weight is 1180 g/mol. The molecule has 3 unspecified atom stereocenters. The van der Waals surface area contributed by atoms with Gasteiger partial charge in [0, 0.05) is 61.5 Å². The van der Waals surface area contributed by atoms with Crippen LogP contribution in [0.4, 0.5) is 11.4 Å². The number of nitrogens with zero attached hydrogens (tertiary/aromatic N) is 7. The van der Waals surface area contributed by atoms with E-state index in [-0.39, 0.29) is 22.3 Å². The smallest absolute Gasteiger partial charge is 0.262 e. The van der Waals surface area contributed by atoms with Gasteiger partial charge in [-0.15, -0.1) is 0 Å². The van der Waals surface area contributed by atoms with Gasteiger partial charge in [-0.1, -0.05) is 178 Å². The van der Waals surface area contributed by atoms with Crippen LogP contribution in [0.1, 0.15) is 218 Å². The molecule has 7 nitrogen and oxygen atoms in total. The van der Waals surface area contributed by atoms with Gasteiger partial charge < -0.3 is 9.80 Å². The molecule has 0 aromatic heterocycles. The molecule has 458 valence electrons. The van der Waals surface area contributed by atoms with Crippen LogP contribution in [0.3, 0.4) is 0 Å². The fraction of sp³-hybridized carbons (Fsp3) is 0.402. The molecule has 0 saturated carbocycles. The number of hydrogen-bond acceptors (Lipinski definition) is 4. The highest BCUT2D eigenvalue weighted by Crippen LogP contribution is 2.52. The number of aryl methyl sites for hydroxylation is 2. The molecule has 1 heterocycles. The van der Waals surface area contributed by atoms with Gasteiger partial charge in [0.1, 0.15) is 13.1 Å². The van der Waals surface area contributed by atoms with E-state index in [4.69, 9.17) is 13.1 Å². The van der Waals surface area contributed by atoms with Crippen LogP contribution >= 0.6 is 0 Å². The van der Waals surface area contributed by atoms with E-state index in [0.29, 0.717) is 17.8 Å². The Bertz CT molecular complexity index is 3700. The summed E-state index contributed by atoms with van der Waals surface area (Å²) in [5.41, 5.74) is 21.5. The molecule has 3 aliphatic rings. The molecule has 5 aromatic carbocycles. The minimum atomic E-state index is -0.104. The summed E-state index contributed by atoms with van der Waals surface area (Å²) in [7, 11) is 0. The summed E-state index contributed by atoms with van der Waals surface area (Å²) >= 11 is 0. The Kier molecular flexibility index (Phi) is 22.9. The Morgan fingerprint density at radius 3 is 1.71 bits per heavy atom. The second-order valence-electron chi connectivity index (χ2n) is 26.7. The third kappa shape index (κ3) is 16.2. The highest BCUT2D eigenvalue weighted by atomic mass is 15.2. The predicted octanol–water partition coefficient (Wildman–Crippen LogP) is 21.1. The van der Waals surface area contributed by atoms with Gasteiger partial charge in [0.2, 0.25) is 0 Å². The van der Waals surface area contributed by atoms with Crippen molar-refractivity contribution in [1.29, 1.82) is 10.5 Å². The van der Waals surface area contributed by atoms with Crippen LogP contribution in [0, 0.1) is 55.1 Å². The minimum Gasteiger partial charge on any atom is -0.372 e. The summed E-state index contributed by atoms with van der Waals surface area (Å²) < 4.78 is 2.56. The van der Waals surface area contributed by atoms with Crippen molar-refractivity contribution in [3.8, 4) is 12.1 Å². The molecule has 0 spiro atoms. The third-order valence-corrected chi connectivity index (χ3v) is 19.0. The van der Waals surface area contributed by atoms with Gasteiger partial charge in [-0.05, 0) is 209 Å². The molecule has 2 aliphatic carbocycles. The zero-order valence-corrected chi connectivity index (χ0v) is 55.6. The quantitative estimate of drug-likeness (QED) is 0.0267. The summed E-state index contributed by atoms with van der Waals surface area (Å²) in [5, 5.41) is 19.2. The van der Waals surface area contributed by atoms with Crippen molar-refractivity contribution < 1.29 is 4.58 Å². The van der Waals surface area contributed by atoms with Crippen molar-refractivity contribution in [3.05, 3.63) is 246 Å². The van der Waals surface area contributed by atoms with Gasteiger partial charge in [0.05, 0.1) is 25.3 Å². The van der Waals surface area contributed by atoms with Crippen molar-refractivity contribution in [2.45, 2.75) is 184 Å². The van der Waals surface area contributed by atoms with Gasteiger partial charge in [0.15, 0.2) is 5.71 Å². The van der Waals surface area contributed by atoms with Crippen molar-refractivity contribution >= 4 is 40.4 Å². The van der Waals surface area contributed by atoms with Crippen molar-refractivity contribution in [2.75, 3.05) is 36.0 Å². The molecular weight excluding hydrogens is 1080 g/mol. The maximum absolute atomic E-state index is 9.62. The first kappa shape index (κ1) is 66.5. The number of fused-ring (bicyclic) bond motifs is 2. The van der Waals surface area contributed by atoms with E-state index in [9.17, 15) is 10.5 Å². The van der Waals surface area contributed by atoms with Crippen molar-refractivity contribution in [2.24, 2.45) is 5.41 Å². The number of allylic oxidation sites excluding steroid dienone is 11. The van der Waals surface area contributed by atoms with Crippen LogP contribution in [0.15, 0.2) is 157 Å². The Morgan fingerprint density at radius 1 is 0.640 bits per heavy atom. The topological polar surface area (TPSA) is 65.8 Å². The highest BCUT2D eigenvalue weighted by Gasteiger charge is 2.40. The second-order valence-corrected chi connectivity index (χ2v) is 26.7. The third-order valence-electron chi connectivity index (χ3n) is 19.0. The molecule has 5 aromatic rings. The standard InChI is InChI=1S/C82H96N7/c1-15-19-42-87(43-20-16-2)72-38-34-66(35-39-72)74(64-30-26-62(27-31-64)48-79-78-46-58(5)68(49-70(55-83)85-13)51-76(78)60(7)53-81(79,9)10)24-23-25-75(67-36-40-73(41-37-67)88(44-21-17-3)45-22-18-4)65-32-28-63(29-33-65)57-89-80-47-59(6)69(50-71(56-84)86-14)52-77(80)61(8)54-82(89,11)12/h23-41,46-47,49-52,60-61,79H,15-22,42-45,48,53-54,57H2,1-12H3/q+1. The van der Waals surface area contributed by atoms with E-state index < -0.39 is 0 Å². The molecule has 0 amide bonds. The molecular formula is C82H96N7+. The van der Waals surface area contributed by atoms with Crippen LogP contribution in [0.5, 0.6) is 0 Å². The summed E-state index contributed by atoms with van der Waals surface area (Å²) in [4.78, 5) is 12.1. The molecule has 3 atom stereocenters. The lowest BCUT2D eigenvalue weighted by molar-refractivity contribution is -0.527. The molecule has 0 radical (unpaired) electrons. The van der Waals surface area contributed by atoms with Gasteiger partial charge in [-0.25, -0.2) is 24.8 Å². The first-order chi connectivity index (χ1) is 42.9. The van der Waals surface area contributed by atoms with Gasteiger partial charge >= 0.3 is 0 Å². The average Bonchev–Trinajstić information content (AvgIpc) is 0.812. The fourth-order valence-electron chi connectivity index (χ4n) is 13.9. The molecule has 1 aliphatic heterocycles. The summed E-state index contributed by atoms with van der Waals surface area (Å²) in [6, 6.07) is 41.1. The number of unbranched alkanes of at least 4 members (excludes halogenated alkanes) is 4. The zero-order valence-electron chi connectivity index (χ0n) is 55.6. The zero-order chi connectivity index (χ0) is 63.8. The maximum Gasteiger partial charge on any atom is 0.262 e. The molecule has 0 fully saturated rings. The van der Waals surface area contributed by atoms with E-state index in [0.717, 1.165) is 85.4 Å². The Morgan fingerprint density at radius 2 is 1.16 bits per heavy atom. The molecule has 7 heteroatoms. The Balaban J connectivity index is 1.19. The van der Waals surface area contributed by atoms with Gasteiger partial charge in [0.25, 0.3) is 11.4 Å². The molecule has 0 bridgehead atoms. The minimum absolute atomic E-state index is 0.0603. The van der Waals surface area contributed by atoms with Crippen LogP contribution in [-0.2, 0) is 13.0 Å². The molecule has 0 saturated heterocycles. The summed E-state index contributed by atoms with van der Waals surface area (Å²) in [6.45, 7) is 47.5. The largest absolute Gasteiger partial charge is 0.372 e. The molecule has 0 N–H and O–H groups in total. The predicted molar refractivity (Wildman–Crippen MR) is 377 cm³/mol. The lowest BCUT2D eigenvalue weighted by Gasteiger charge is -2.48. The fourth-order valence-corrected chi connectivity index (χ4v) is 13.9. The van der Waals surface area contributed by atoms with Crippen LogP contribution < -0.4 is 9.80 Å². The first-order valence-electron chi connectivity index (χ1n) is 33.1. The van der Waals surface area contributed by atoms with E-state index >= 15 is 0 Å². The molecule has 8 rings (SSSR count). The number of nitriles is 2. The second kappa shape index (κ2) is 30.6. The van der Waals surface area contributed by atoms with Crippen molar-refractivity contribution in [1.82, 2.24) is 0 Å². The van der Waals surface area contributed by atoms with Gasteiger partial charge in [-0.3, -0.25) is 0 Å². The number of rotatable bonds is 24. The Labute approximate surface area is 535 Å². The number of anilines is 2. The van der Waals surface area contributed by atoms with Crippen LogP contribution in [-0.4, -0.2) is 42.0 Å². The normalized spacial score (nSPS) is 17.8. The maximum atomic E-state index is 9.62.